The first-order valence-electron chi connectivity index (χ1n) is 13.5. The van der Waals surface area contributed by atoms with E-state index in [1.165, 1.54) is 17.3 Å². The van der Waals surface area contributed by atoms with Crippen molar-refractivity contribution in [2.45, 2.75) is 31.6 Å². The van der Waals surface area contributed by atoms with E-state index in [-0.39, 0.29) is 23.3 Å². The van der Waals surface area contributed by atoms with Crippen molar-refractivity contribution in [2.75, 3.05) is 16.4 Å². The second-order valence-corrected chi connectivity index (χ2v) is 11.4. The molecule has 0 aliphatic rings. The van der Waals surface area contributed by atoms with Gasteiger partial charge in [-0.25, -0.2) is 0 Å². The number of rotatable bonds is 10. The summed E-state index contributed by atoms with van der Waals surface area (Å²) >= 11 is 7.52. The van der Waals surface area contributed by atoms with Crippen molar-refractivity contribution in [3.8, 4) is 0 Å². The molecule has 4 aromatic carbocycles. The quantitative estimate of drug-likeness (QED) is 0.128. The molecule has 0 saturated heterocycles. The van der Waals surface area contributed by atoms with E-state index in [2.05, 4.69) is 29.8 Å². The molecule has 0 aliphatic carbocycles. The molecule has 3 amide bonds. The third kappa shape index (κ3) is 8.59. The molecule has 3 N–H and O–H groups in total. The maximum absolute atomic E-state index is 13.3. The Morgan fingerprint density at radius 1 is 0.833 bits per heavy atom. The highest BCUT2D eigenvalue weighted by Gasteiger charge is 2.15. The lowest BCUT2D eigenvalue weighted by molar-refractivity contribution is -0.114. The van der Waals surface area contributed by atoms with Crippen molar-refractivity contribution in [1.29, 1.82) is 0 Å². The van der Waals surface area contributed by atoms with E-state index >= 15 is 0 Å². The van der Waals surface area contributed by atoms with E-state index in [9.17, 15) is 14.4 Å². The lowest BCUT2D eigenvalue weighted by Gasteiger charge is -2.12. The first kappa shape index (κ1) is 30.6. The Kier molecular flexibility index (Phi) is 10.6. The average Bonchev–Trinajstić information content (AvgIpc) is 2.99. The molecular formula is C34H32ClN3O3S. The Labute approximate surface area is 255 Å². The van der Waals surface area contributed by atoms with E-state index in [0.29, 0.717) is 27.9 Å². The van der Waals surface area contributed by atoms with Gasteiger partial charge in [0, 0.05) is 26.9 Å². The molecule has 0 fully saturated rings. The molecule has 0 saturated carbocycles. The standard InChI is InChI=1S/C34H32ClN3O3S/c1-22(2)25-14-12-24(13-15-25)20-31(38-33(40)26-8-5-4-6-9-26)34(41)36-27-16-18-28(19-17-27)42-21-32(39)37-30-11-7-10-29(35)23(30)3/h4-20,22H,21H2,1-3H3,(H,36,41)(H,37,39)(H,38,40)/b31-20-. The van der Waals surface area contributed by atoms with Gasteiger partial charge < -0.3 is 16.0 Å². The minimum absolute atomic E-state index is 0.118. The van der Waals surface area contributed by atoms with E-state index < -0.39 is 5.91 Å². The third-order valence-corrected chi connectivity index (χ3v) is 7.89. The Morgan fingerprint density at radius 2 is 1.52 bits per heavy atom. The normalized spacial score (nSPS) is 11.2. The van der Waals surface area contributed by atoms with Gasteiger partial charge >= 0.3 is 0 Å². The molecule has 42 heavy (non-hydrogen) atoms. The summed E-state index contributed by atoms with van der Waals surface area (Å²) in [4.78, 5) is 39.5. The first-order valence-corrected chi connectivity index (χ1v) is 14.8. The van der Waals surface area contributed by atoms with Gasteiger partial charge in [-0.1, -0.05) is 74.0 Å². The highest BCUT2D eigenvalue weighted by atomic mass is 35.5. The lowest BCUT2D eigenvalue weighted by Crippen LogP contribution is -2.30. The molecule has 8 heteroatoms. The van der Waals surface area contributed by atoms with E-state index in [4.69, 9.17) is 11.6 Å². The number of hydrogen-bond acceptors (Lipinski definition) is 4. The molecule has 4 rings (SSSR count). The maximum atomic E-state index is 13.3. The summed E-state index contributed by atoms with van der Waals surface area (Å²) in [6.07, 6.45) is 1.66. The number of benzene rings is 4. The lowest BCUT2D eigenvalue weighted by atomic mass is 10.0. The fourth-order valence-electron chi connectivity index (χ4n) is 4.00. The van der Waals surface area contributed by atoms with Crippen LogP contribution in [0.2, 0.25) is 5.02 Å². The number of carbonyl (C=O) groups excluding carboxylic acids is 3. The maximum Gasteiger partial charge on any atom is 0.272 e. The van der Waals surface area contributed by atoms with Crippen molar-refractivity contribution in [2.24, 2.45) is 0 Å². The minimum atomic E-state index is -0.455. The Bertz CT molecular complexity index is 1590. The van der Waals surface area contributed by atoms with Gasteiger partial charge in [-0.3, -0.25) is 14.4 Å². The topological polar surface area (TPSA) is 87.3 Å². The van der Waals surface area contributed by atoms with E-state index in [1.54, 1.807) is 54.6 Å². The summed E-state index contributed by atoms with van der Waals surface area (Å²) in [6.45, 7) is 6.09. The number of anilines is 2. The van der Waals surface area contributed by atoms with Crippen LogP contribution in [0, 0.1) is 6.92 Å². The van der Waals surface area contributed by atoms with Crippen LogP contribution in [0.15, 0.2) is 108 Å². The number of carbonyl (C=O) groups is 3. The molecule has 0 radical (unpaired) electrons. The smallest absolute Gasteiger partial charge is 0.272 e. The Morgan fingerprint density at radius 3 is 2.19 bits per heavy atom. The fraction of sp³-hybridized carbons (Fsp3) is 0.147. The van der Waals surface area contributed by atoms with Gasteiger partial charge in [0.15, 0.2) is 0 Å². The summed E-state index contributed by atoms with van der Waals surface area (Å²) in [5.74, 6) is -0.386. The largest absolute Gasteiger partial charge is 0.325 e. The van der Waals surface area contributed by atoms with Gasteiger partial charge in [0.2, 0.25) is 5.91 Å². The zero-order valence-electron chi connectivity index (χ0n) is 23.6. The van der Waals surface area contributed by atoms with Gasteiger partial charge in [0.05, 0.1) is 5.75 Å². The van der Waals surface area contributed by atoms with Crippen LogP contribution in [-0.4, -0.2) is 23.5 Å². The van der Waals surface area contributed by atoms with Crippen molar-refractivity contribution >= 4 is 58.5 Å². The SMILES string of the molecule is Cc1c(Cl)cccc1NC(=O)CSc1ccc(NC(=O)/C(=C/c2ccc(C(C)C)cc2)NC(=O)c2ccccc2)cc1. The molecule has 6 nitrogen and oxygen atoms in total. The zero-order chi connectivity index (χ0) is 30.1. The number of halogens is 1. The monoisotopic (exact) mass is 597 g/mol. The molecule has 0 aliphatic heterocycles. The van der Waals surface area contributed by atoms with Gasteiger partial charge in [0.1, 0.15) is 5.70 Å². The Hall–Kier alpha value is -4.33. The average molecular weight is 598 g/mol. The van der Waals surface area contributed by atoms with Gasteiger partial charge in [-0.15, -0.1) is 11.8 Å². The molecule has 214 valence electrons. The molecule has 0 unspecified atom stereocenters. The number of amides is 3. The molecule has 0 aromatic heterocycles. The molecule has 0 atom stereocenters. The number of nitrogens with one attached hydrogen (secondary N) is 3. The fourth-order valence-corrected chi connectivity index (χ4v) is 4.87. The highest BCUT2D eigenvalue weighted by Crippen LogP contribution is 2.25. The summed E-state index contributed by atoms with van der Waals surface area (Å²) in [5, 5.41) is 9.11. The first-order chi connectivity index (χ1) is 20.2. The predicted octanol–water partition coefficient (Wildman–Crippen LogP) is 7.91. The summed E-state index contributed by atoms with van der Waals surface area (Å²) in [7, 11) is 0. The van der Waals surface area contributed by atoms with Gasteiger partial charge in [-0.05, 0) is 84.1 Å². The second kappa shape index (κ2) is 14.5. The van der Waals surface area contributed by atoms with Crippen molar-refractivity contribution in [1.82, 2.24) is 5.32 Å². The van der Waals surface area contributed by atoms with Crippen LogP contribution < -0.4 is 16.0 Å². The molecule has 4 aromatic rings. The van der Waals surface area contributed by atoms with Gasteiger partial charge in [0.25, 0.3) is 11.8 Å². The molecule has 0 heterocycles. The van der Waals surface area contributed by atoms with Crippen molar-refractivity contribution in [3.63, 3.8) is 0 Å². The van der Waals surface area contributed by atoms with Crippen LogP contribution in [0.25, 0.3) is 6.08 Å². The van der Waals surface area contributed by atoms with Gasteiger partial charge in [-0.2, -0.15) is 0 Å². The zero-order valence-corrected chi connectivity index (χ0v) is 25.2. The second-order valence-electron chi connectivity index (χ2n) is 9.93. The number of hydrogen-bond donors (Lipinski definition) is 3. The van der Waals surface area contributed by atoms with Crippen molar-refractivity contribution < 1.29 is 14.4 Å². The minimum Gasteiger partial charge on any atom is -0.325 e. The van der Waals surface area contributed by atoms with Crippen LogP contribution in [-0.2, 0) is 9.59 Å². The summed E-state index contributed by atoms with van der Waals surface area (Å²) in [6, 6.07) is 29.2. The molecular weight excluding hydrogens is 566 g/mol. The Balaban J connectivity index is 1.42. The van der Waals surface area contributed by atoms with Crippen LogP contribution in [0.5, 0.6) is 0 Å². The van der Waals surface area contributed by atoms with Crippen LogP contribution >= 0.6 is 23.4 Å². The summed E-state index contributed by atoms with van der Waals surface area (Å²) in [5.41, 5.74) is 4.59. The van der Waals surface area contributed by atoms with E-state index in [0.717, 1.165) is 16.0 Å². The predicted molar refractivity (Wildman–Crippen MR) is 173 cm³/mol. The summed E-state index contributed by atoms with van der Waals surface area (Å²) < 4.78 is 0. The number of thioether (sulfide) groups is 1. The van der Waals surface area contributed by atoms with Crippen LogP contribution in [0.4, 0.5) is 11.4 Å². The van der Waals surface area contributed by atoms with E-state index in [1.807, 2.05) is 55.5 Å². The highest BCUT2D eigenvalue weighted by molar-refractivity contribution is 8.00. The van der Waals surface area contributed by atoms with Crippen LogP contribution in [0.3, 0.4) is 0 Å². The molecule has 0 spiro atoms. The van der Waals surface area contributed by atoms with Crippen molar-refractivity contribution in [3.05, 3.63) is 130 Å². The third-order valence-electron chi connectivity index (χ3n) is 6.47. The molecule has 0 bridgehead atoms. The van der Waals surface area contributed by atoms with Crippen LogP contribution in [0.1, 0.15) is 46.8 Å².